The zero-order valence-corrected chi connectivity index (χ0v) is 12.7. The Morgan fingerprint density at radius 2 is 1.90 bits per heavy atom. The van der Waals surface area contributed by atoms with Crippen molar-refractivity contribution in [3.8, 4) is 5.75 Å². The van der Waals surface area contributed by atoms with Gasteiger partial charge in [0.25, 0.3) is 0 Å². The van der Waals surface area contributed by atoms with Crippen LogP contribution in [0.2, 0.25) is 0 Å². The van der Waals surface area contributed by atoms with Crippen LogP contribution < -0.4 is 10.1 Å². The SMILES string of the molecule is CC(C)Oc1cnc(C2CC(C(C)C)C(O)CN2)nc1. The van der Waals surface area contributed by atoms with E-state index in [-0.39, 0.29) is 24.2 Å². The van der Waals surface area contributed by atoms with E-state index in [1.807, 2.05) is 13.8 Å². The topological polar surface area (TPSA) is 67.3 Å². The molecule has 0 radical (unpaired) electrons. The van der Waals surface area contributed by atoms with Gasteiger partial charge in [-0.15, -0.1) is 0 Å². The van der Waals surface area contributed by atoms with Crippen LogP contribution in [-0.2, 0) is 0 Å². The summed E-state index contributed by atoms with van der Waals surface area (Å²) in [6.45, 7) is 8.85. The molecule has 0 aliphatic carbocycles. The summed E-state index contributed by atoms with van der Waals surface area (Å²) in [4.78, 5) is 8.79. The normalized spacial score (nSPS) is 27.1. The highest BCUT2D eigenvalue weighted by atomic mass is 16.5. The van der Waals surface area contributed by atoms with E-state index in [0.717, 1.165) is 12.2 Å². The average molecular weight is 279 g/mol. The van der Waals surface area contributed by atoms with Gasteiger partial charge in [-0.1, -0.05) is 13.8 Å². The van der Waals surface area contributed by atoms with Crippen molar-refractivity contribution in [2.75, 3.05) is 6.54 Å². The van der Waals surface area contributed by atoms with Crippen LogP contribution in [0.3, 0.4) is 0 Å². The van der Waals surface area contributed by atoms with Gasteiger partial charge in [-0.05, 0) is 32.1 Å². The molecule has 0 spiro atoms. The Labute approximate surface area is 120 Å². The Morgan fingerprint density at radius 1 is 1.25 bits per heavy atom. The number of aliphatic hydroxyl groups excluding tert-OH is 1. The molecule has 3 atom stereocenters. The third kappa shape index (κ3) is 3.67. The van der Waals surface area contributed by atoms with Gasteiger partial charge in [0.05, 0.1) is 30.6 Å². The Hall–Kier alpha value is -1.20. The first kappa shape index (κ1) is 15.2. The van der Waals surface area contributed by atoms with Gasteiger partial charge in [-0.25, -0.2) is 9.97 Å². The number of β-amino-alcohol motifs (C(OH)–C–C–N with tert-alkyl or cyclic N) is 1. The summed E-state index contributed by atoms with van der Waals surface area (Å²) in [5, 5.41) is 13.3. The largest absolute Gasteiger partial charge is 0.488 e. The zero-order chi connectivity index (χ0) is 14.7. The van der Waals surface area contributed by atoms with E-state index in [9.17, 15) is 5.11 Å². The van der Waals surface area contributed by atoms with Gasteiger partial charge in [-0.2, -0.15) is 0 Å². The maximum atomic E-state index is 10.0. The molecule has 20 heavy (non-hydrogen) atoms. The second-order valence-corrected chi connectivity index (χ2v) is 6.12. The van der Waals surface area contributed by atoms with Crippen molar-refractivity contribution in [1.29, 1.82) is 0 Å². The predicted octanol–water partition coefficient (Wildman–Crippen LogP) is 1.93. The number of nitrogens with one attached hydrogen (secondary N) is 1. The number of piperidine rings is 1. The smallest absolute Gasteiger partial charge is 0.156 e. The summed E-state index contributed by atoms with van der Waals surface area (Å²) < 4.78 is 5.55. The summed E-state index contributed by atoms with van der Waals surface area (Å²) in [6.07, 6.45) is 4.15. The van der Waals surface area contributed by atoms with Gasteiger partial charge in [0.2, 0.25) is 0 Å². The first-order valence-electron chi connectivity index (χ1n) is 7.37. The fourth-order valence-corrected chi connectivity index (χ4v) is 2.68. The van der Waals surface area contributed by atoms with Gasteiger partial charge < -0.3 is 15.2 Å². The van der Waals surface area contributed by atoms with Crippen LogP contribution in [0.1, 0.15) is 46.0 Å². The molecule has 2 N–H and O–H groups in total. The lowest BCUT2D eigenvalue weighted by molar-refractivity contribution is 0.0397. The van der Waals surface area contributed by atoms with E-state index >= 15 is 0 Å². The van der Waals surface area contributed by atoms with Gasteiger partial charge in [0, 0.05) is 6.54 Å². The molecule has 5 nitrogen and oxygen atoms in total. The molecule has 0 amide bonds. The summed E-state index contributed by atoms with van der Waals surface area (Å²) in [5.41, 5.74) is 0. The summed E-state index contributed by atoms with van der Waals surface area (Å²) in [7, 11) is 0. The minimum Gasteiger partial charge on any atom is -0.488 e. The first-order chi connectivity index (χ1) is 9.47. The minimum atomic E-state index is -0.283. The molecule has 0 saturated carbocycles. The lowest BCUT2D eigenvalue weighted by atomic mass is 9.81. The summed E-state index contributed by atoms with van der Waals surface area (Å²) in [5.74, 6) is 2.22. The van der Waals surface area contributed by atoms with E-state index in [2.05, 4.69) is 29.1 Å². The Balaban J connectivity index is 2.04. The molecule has 112 valence electrons. The van der Waals surface area contributed by atoms with E-state index < -0.39 is 0 Å². The van der Waals surface area contributed by atoms with Crippen LogP contribution in [0.15, 0.2) is 12.4 Å². The first-order valence-corrected chi connectivity index (χ1v) is 7.37. The summed E-state index contributed by atoms with van der Waals surface area (Å²) >= 11 is 0. The van der Waals surface area contributed by atoms with E-state index in [1.54, 1.807) is 12.4 Å². The molecule has 1 aromatic heterocycles. The van der Waals surface area contributed by atoms with Gasteiger partial charge >= 0.3 is 0 Å². The monoisotopic (exact) mass is 279 g/mol. The molecular weight excluding hydrogens is 254 g/mol. The summed E-state index contributed by atoms with van der Waals surface area (Å²) in [6, 6.07) is 0.110. The van der Waals surface area contributed by atoms with Gasteiger partial charge in [0.1, 0.15) is 5.82 Å². The van der Waals surface area contributed by atoms with Crippen molar-refractivity contribution >= 4 is 0 Å². The average Bonchev–Trinajstić information content (AvgIpc) is 2.39. The number of hydrogen-bond acceptors (Lipinski definition) is 5. The van der Waals surface area contributed by atoms with Crippen LogP contribution in [0.5, 0.6) is 5.75 Å². The number of nitrogens with zero attached hydrogens (tertiary/aromatic N) is 2. The number of aliphatic hydroxyl groups is 1. The van der Waals surface area contributed by atoms with Crippen LogP contribution in [0.25, 0.3) is 0 Å². The molecule has 2 rings (SSSR count). The van der Waals surface area contributed by atoms with Crippen molar-refractivity contribution < 1.29 is 9.84 Å². The highest BCUT2D eigenvalue weighted by molar-refractivity contribution is 5.14. The fourth-order valence-electron chi connectivity index (χ4n) is 2.68. The molecule has 5 heteroatoms. The van der Waals surface area contributed by atoms with E-state index in [1.165, 1.54) is 0 Å². The van der Waals surface area contributed by atoms with Crippen molar-refractivity contribution in [1.82, 2.24) is 15.3 Å². The number of rotatable bonds is 4. The highest BCUT2D eigenvalue weighted by Crippen LogP contribution is 2.30. The minimum absolute atomic E-state index is 0.110. The Bertz CT molecular complexity index is 420. The van der Waals surface area contributed by atoms with Crippen molar-refractivity contribution in [3.63, 3.8) is 0 Å². The molecule has 1 aromatic rings. The van der Waals surface area contributed by atoms with Gasteiger partial charge in [-0.3, -0.25) is 0 Å². The molecule has 0 aromatic carbocycles. The van der Waals surface area contributed by atoms with Crippen LogP contribution >= 0.6 is 0 Å². The predicted molar refractivity (Wildman–Crippen MR) is 77.5 cm³/mol. The lowest BCUT2D eigenvalue weighted by Crippen LogP contribution is -2.44. The molecule has 1 aliphatic heterocycles. The quantitative estimate of drug-likeness (QED) is 0.881. The molecule has 1 saturated heterocycles. The third-order valence-corrected chi connectivity index (χ3v) is 3.76. The molecule has 2 heterocycles. The Kier molecular flexibility index (Phi) is 4.94. The zero-order valence-electron chi connectivity index (χ0n) is 12.7. The number of aromatic nitrogens is 2. The van der Waals surface area contributed by atoms with Crippen LogP contribution in [0.4, 0.5) is 0 Å². The maximum absolute atomic E-state index is 10.0. The Morgan fingerprint density at radius 3 is 2.45 bits per heavy atom. The standard InChI is InChI=1S/C15H25N3O2/c1-9(2)12-5-13(16-8-14(12)19)15-17-6-11(7-18-15)20-10(3)4/h6-7,9-10,12-14,16,19H,5,8H2,1-4H3. The fraction of sp³-hybridized carbons (Fsp3) is 0.733. The lowest BCUT2D eigenvalue weighted by Gasteiger charge is -2.35. The second kappa shape index (κ2) is 6.50. The van der Waals surface area contributed by atoms with Crippen molar-refractivity contribution in [2.45, 2.75) is 52.4 Å². The number of ether oxygens (including phenoxy) is 1. The van der Waals surface area contributed by atoms with Gasteiger partial charge in [0.15, 0.2) is 5.75 Å². The van der Waals surface area contributed by atoms with Crippen LogP contribution in [-0.4, -0.2) is 33.8 Å². The van der Waals surface area contributed by atoms with E-state index in [4.69, 9.17) is 4.74 Å². The number of hydrogen-bond donors (Lipinski definition) is 2. The highest BCUT2D eigenvalue weighted by Gasteiger charge is 2.32. The molecular formula is C15H25N3O2. The van der Waals surface area contributed by atoms with E-state index in [0.29, 0.717) is 18.2 Å². The molecule has 1 fully saturated rings. The second-order valence-electron chi connectivity index (χ2n) is 6.12. The molecule has 3 unspecified atom stereocenters. The molecule has 1 aliphatic rings. The maximum Gasteiger partial charge on any atom is 0.156 e. The van der Waals surface area contributed by atoms with Crippen molar-refractivity contribution in [2.24, 2.45) is 11.8 Å². The molecule has 0 bridgehead atoms. The third-order valence-electron chi connectivity index (χ3n) is 3.76. The van der Waals surface area contributed by atoms with Crippen LogP contribution in [0, 0.1) is 11.8 Å². The van der Waals surface area contributed by atoms with Crippen molar-refractivity contribution in [3.05, 3.63) is 18.2 Å².